The number of carbonyl (C=O) groups is 1. The normalized spacial score (nSPS) is 26.0. The van der Waals surface area contributed by atoms with Gasteiger partial charge in [-0.1, -0.05) is 60.0 Å². The van der Waals surface area contributed by atoms with Gasteiger partial charge in [0.1, 0.15) is 0 Å². The number of sulfonamides is 1. The van der Waals surface area contributed by atoms with Crippen LogP contribution in [0.5, 0.6) is 0 Å². The third-order valence-electron chi connectivity index (χ3n) is 9.15. The molecule has 10 heteroatoms. The zero-order chi connectivity index (χ0) is 29.0. The fourth-order valence-electron chi connectivity index (χ4n) is 6.88. The van der Waals surface area contributed by atoms with Crippen molar-refractivity contribution in [3.63, 3.8) is 0 Å². The molecule has 5 rings (SSSR count). The quantitative estimate of drug-likeness (QED) is 0.416. The van der Waals surface area contributed by atoms with E-state index < -0.39 is 10.0 Å². The minimum atomic E-state index is -3.78. The van der Waals surface area contributed by atoms with E-state index >= 15 is 0 Å². The fourth-order valence-corrected chi connectivity index (χ4v) is 8.96. The highest BCUT2D eigenvalue weighted by atomic mass is 35.5. The minimum Gasteiger partial charge on any atom is -0.353 e. The first-order valence-corrected chi connectivity index (χ1v) is 17.2. The van der Waals surface area contributed by atoms with E-state index in [2.05, 4.69) is 52.5 Å². The Morgan fingerprint density at radius 2 is 1.61 bits per heavy atom. The topological polar surface area (TPSA) is 73.0 Å². The van der Waals surface area contributed by atoms with E-state index in [1.54, 1.807) is 0 Å². The molecule has 2 heterocycles. The molecule has 1 amide bonds. The third-order valence-corrected chi connectivity index (χ3v) is 11.8. The molecule has 0 aromatic heterocycles. The highest BCUT2D eigenvalue weighted by Crippen LogP contribution is 2.39. The molecule has 2 atom stereocenters. The lowest BCUT2D eigenvalue weighted by Crippen LogP contribution is -2.49. The number of nitrogens with zero attached hydrogens (tertiary/aromatic N) is 3. The Morgan fingerprint density at radius 1 is 0.902 bits per heavy atom. The molecule has 0 bridgehead atoms. The molecular formula is C31H42Cl2N4O3S. The van der Waals surface area contributed by atoms with Crippen LogP contribution in [0.25, 0.3) is 0 Å². The molecule has 224 valence electrons. The second-order valence-electron chi connectivity index (χ2n) is 11.9. The van der Waals surface area contributed by atoms with Crippen molar-refractivity contribution in [1.82, 2.24) is 19.4 Å². The monoisotopic (exact) mass is 620 g/mol. The summed E-state index contributed by atoms with van der Waals surface area (Å²) in [6.07, 6.45) is 6.56. The van der Waals surface area contributed by atoms with E-state index in [4.69, 9.17) is 23.2 Å². The number of nitrogens with one attached hydrogen (secondary N) is 1. The van der Waals surface area contributed by atoms with Crippen molar-refractivity contribution < 1.29 is 13.2 Å². The molecule has 1 saturated carbocycles. The maximum atomic E-state index is 13.5. The van der Waals surface area contributed by atoms with Gasteiger partial charge in [0.15, 0.2) is 0 Å². The van der Waals surface area contributed by atoms with Crippen molar-refractivity contribution >= 4 is 39.1 Å². The number of rotatable bonds is 8. The molecule has 0 radical (unpaired) electrons. The van der Waals surface area contributed by atoms with Gasteiger partial charge in [0.05, 0.1) is 14.9 Å². The molecule has 2 saturated heterocycles. The molecule has 2 unspecified atom stereocenters. The summed E-state index contributed by atoms with van der Waals surface area (Å²) in [5.41, 5.74) is 1.39. The van der Waals surface area contributed by atoms with Gasteiger partial charge in [0.2, 0.25) is 15.9 Å². The average molecular weight is 622 g/mol. The maximum Gasteiger partial charge on any atom is 0.243 e. The zero-order valence-electron chi connectivity index (χ0n) is 23.9. The van der Waals surface area contributed by atoms with E-state index in [0.717, 1.165) is 64.7 Å². The number of piperazine rings is 1. The van der Waals surface area contributed by atoms with E-state index in [-0.39, 0.29) is 34.3 Å². The Kier molecular flexibility index (Phi) is 10.3. The van der Waals surface area contributed by atoms with Gasteiger partial charge in [-0.15, -0.1) is 0 Å². The summed E-state index contributed by atoms with van der Waals surface area (Å²) < 4.78 is 28.5. The molecule has 1 N–H and O–H groups in total. The van der Waals surface area contributed by atoms with Gasteiger partial charge < -0.3 is 10.2 Å². The van der Waals surface area contributed by atoms with Gasteiger partial charge in [-0.25, -0.2) is 8.42 Å². The van der Waals surface area contributed by atoms with Gasteiger partial charge in [0, 0.05) is 57.3 Å². The summed E-state index contributed by atoms with van der Waals surface area (Å²) in [6, 6.07) is 15.4. The van der Waals surface area contributed by atoms with Crippen LogP contribution in [0.3, 0.4) is 0 Å². The first kappa shape index (κ1) is 30.8. The van der Waals surface area contributed by atoms with Crippen molar-refractivity contribution in [1.29, 1.82) is 0 Å². The van der Waals surface area contributed by atoms with Gasteiger partial charge in [0.25, 0.3) is 0 Å². The lowest BCUT2D eigenvalue weighted by Gasteiger charge is -2.44. The molecule has 2 aliphatic heterocycles. The lowest BCUT2D eigenvalue weighted by molar-refractivity contribution is -0.123. The van der Waals surface area contributed by atoms with Gasteiger partial charge in [-0.2, -0.15) is 4.31 Å². The number of carbonyl (C=O) groups excluding carboxylic acids is 1. The molecule has 2 aromatic carbocycles. The maximum absolute atomic E-state index is 13.5. The molecule has 2 aromatic rings. The van der Waals surface area contributed by atoms with E-state index in [1.165, 1.54) is 28.1 Å². The van der Waals surface area contributed by atoms with Crippen LogP contribution >= 0.6 is 23.2 Å². The Balaban J connectivity index is 1.19. The molecule has 41 heavy (non-hydrogen) atoms. The molecule has 3 aliphatic rings. The van der Waals surface area contributed by atoms with Crippen LogP contribution in [0, 0.1) is 5.92 Å². The van der Waals surface area contributed by atoms with Crippen LogP contribution in [0.15, 0.2) is 53.4 Å². The van der Waals surface area contributed by atoms with Gasteiger partial charge in [-0.3, -0.25) is 9.69 Å². The summed E-state index contributed by atoms with van der Waals surface area (Å²) in [5, 5.41) is 3.78. The van der Waals surface area contributed by atoms with Crippen molar-refractivity contribution in [2.24, 2.45) is 5.92 Å². The minimum absolute atomic E-state index is 0.0617. The highest BCUT2D eigenvalue weighted by molar-refractivity contribution is 7.89. The standard InChI is InChI=1S/C31H42Cl2N4O3S/c1-35-17-19-36(20-18-35)31(23-7-3-2-4-8-23)24-10-12-25(13-11-24)34-30(38)21-26-9-5-6-16-37(26)41(39,40)27-14-15-28(32)29(33)22-27/h2-4,7-8,14-15,22,24-26,31H,5-6,9-13,16-21H2,1H3,(H,34,38). The predicted octanol–water partition coefficient (Wildman–Crippen LogP) is 5.59. The molecule has 0 spiro atoms. The number of likely N-dealkylation sites (N-methyl/N-ethyl adjacent to an activating group) is 1. The van der Waals surface area contributed by atoms with E-state index in [0.29, 0.717) is 29.9 Å². The van der Waals surface area contributed by atoms with Crippen LogP contribution in [0.4, 0.5) is 0 Å². The number of halogens is 2. The summed E-state index contributed by atoms with van der Waals surface area (Å²) in [4.78, 5) is 18.4. The fraction of sp³-hybridized carbons (Fsp3) is 0.581. The van der Waals surface area contributed by atoms with Crippen molar-refractivity contribution in [2.75, 3.05) is 39.8 Å². The average Bonchev–Trinajstić information content (AvgIpc) is 2.97. The van der Waals surface area contributed by atoms with Crippen molar-refractivity contribution in [3.05, 3.63) is 64.1 Å². The van der Waals surface area contributed by atoms with Crippen molar-refractivity contribution in [3.8, 4) is 0 Å². The van der Waals surface area contributed by atoms with Crippen molar-refractivity contribution in [2.45, 2.75) is 74.4 Å². The Bertz CT molecular complexity index is 1280. The van der Waals surface area contributed by atoms with Crippen LogP contribution in [-0.2, 0) is 14.8 Å². The summed E-state index contributed by atoms with van der Waals surface area (Å²) in [6.45, 7) is 4.74. The van der Waals surface area contributed by atoms with Crippen LogP contribution < -0.4 is 5.32 Å². The van der Waals surface area contributed by atoms with Gasteiger partial charge >= 0.3 is 0 Å². The number of piperidine rings is 1. The first-order chi connectivity index (χ1) is 19.7. The number of amides is 1. The number of benzene rings is 2. The Labute approximate surface area is 255 Å². The first-order valence-electron chi connectivity index (χ1n) is 15.0. The Hall–Kier alpha value is -1.68. The molecular weight excluding hydrogens is 579 g/mol. The predicted molar refractivity (Wildman–Crippen MR) is 165 cm³/mol. The SMILES string of the molecule is CN1CCN(C(c2ccccc2)C2CCC(NC(=O)CC3CCCCN3S(=O)(=O)c3ccc(Cl)c(Cl)c3)CC2)CC1. The molecule has 3 fully saturated rings. The van der Waals surface area contributed by atoms with E-state index in [9.17, 15) is 13.2 Å². The number of hydrogen-bond acceptors (Lipinski definition) is 5. The molecule has 7 nitrogen and oxygen atoms in total. The van der Waals surface area contributed by atoms with Crippen LogP contribution in [0.1, 0.15) is 63.0 Å². The smallest absolute Gasteiger partial charge is 0.243 e. The number of hydrogen-bond donors (Lipinski definition) is 1. The second-order valence-corrected chi connectivity index (χ2v) is 14.6. The summed E-state index contributed by atoms with van der Waals surface area (Å²) >= 11 is 12.1. The second kappa shape index (κ2) is 13.7. The largest absolute Gasteiger partial charge is 0.353 e. The molecule has 1 aliphatic carbocycles. The summed E-state index contributed by atoms with van der Waals surface area (Å²) in [5.74, 6) is 0.493. The van der Waals surface area contributed by atoms with E-state index in [1.807, 2.05) is 0 Å². The van der Waals surface area contributed by atoms with Crippen LogP contribution in [0.2, 0.25) is 10.0 Å². The Morgan fingerprint density at radius 3 is 2.29 bits per heavy atom. The third kappa shape index (κ3) is 7.46. The van der Waals surface area contributed by atoms with Gasteiger partial charge in [-0.05, 0) is 75.3 Å². The van der Waals surface area contributed by atoms with Crippen LogP contribution in [-0.4, -0.2) is 80.3 Å². The lowest BCUT2D eigenvalue weighted by atomic mass is 9.78. The zero-order valence-corrected chi connectivity index (χ0v) is 26.2. The summed E-state index contributed by atoms with van der Waals surface area (Å²) in [7, 11) is -1.59. The highest BCUT2D eigenvalue weighted by Gasteiger charge is 2.37.